The molecule has 1 aliphatic rings. The average Bonchev–Trinajstić information content (AvgIpc) is 2.75. The molecule has 0 bridgehead atoms. The molecule has 1 aromatic carbocycles. The summed E-state index contributed by atoms with van der Waals surface area (Å²) >= 11 is 1.93. The van der Waals surface area contributed by atoms with E-state index in [-0.39, 0.29) is 0 Å². The molecule has 3 nitrogen and oxygen atoms in total. The Morgan fingerprint density at radius 2 is 2.31 bits per heavy atom. The lowest BCUT2D eigenvalue weighted by Crippen LogP contribution is -1.99. The van der Waals surface area contributed by atoms with Gasteiger partial charge in [-0.2, -0.15) is 5.10 Å². The van der Waals surface area contributed by atoms with Gasteiger partial charge in [-0.3, -0.25) is 5.10 Å². The van der Waals surface area contributed by atoms with E-state index in [2.05, 4.69) is 28.4 Å². The molecule has 0 unspecified atom stereocenters. The molecule has 0 saturated carbocycles. The molecule has 0 aliphatic carbocycles. The molecule has 0 amide bonds. The van der Waals surface area contributed by atoms with Crippen LogP contribution >= 0.6 is 11.8 Å². The van der Waals surface area contributed by atoms with Gasteiger partial charge in [0, 0.05) is 16.5 Å². The van der Waals surface area contributed by atoms with Gasteiger partial charge in [-0.1, -0.05) is 18.2 Å². The molecule has 3 rings (SSSR count). The lowest BCUT2D eigenvalue weighted by molar-refractivity contribution is 0.890. The maximum Gasteiger partial charge on any atom is 0.145 e. The van der Waals surface area contributed by atoms with Crippen LogP contribution in [0.3, 0.4) is 0 Å². The van der Waals surface area contributed by atoms with E-state index in [1.54, 1.807) is 0 Å². The number of benzene rings is 1. The van der Waals surface area contributed by atoms with E-state index < -0.39 is 0 Å². The molecule has 0 radical (unpaired) electrons. The molecule has 4 heteroatoms. The molecule has 3 N–H and O–H groups in total. The maximum atomic E-state index is 5.64. The van der Waals surface area contributed by atoms with E-state index in [1.807, 2.05) is 17.8 Å². The van der Waals surface area contributed by atoms with Gasteiger partial charge < -0.3 is 5.73 Å². The van der Waals surface area contributed by atoms with E-state index in [0.717, 1.165) is 5.69 Å². The molecule has 0 spiro atoms. The Labute approximate surface area is 98.4 Å². The van der Waals surface area contributed by atoms with Gasteiger partial charge in [0.25, 0.3) is 0 Å². The van der Waals surface area contributed by atoms with E-state index in [9.17, 15) is 0 Å². The van der Waals surface area contributed by atoms with Crippen molar-refractivity contribution in [1.29, 1.82) is 0 Å². The molecule has 0 atom stereocenters. The second-order valence-corrected chi connectivity index (χ2v) is 5.06. The fourth-order valence-corrected chi connectivity index (χ4v) is 3.26. The lowest BCUT2D eigenvalue weighted by atomic mass is 10.0. The highest BCUT2D eigenvalue weighted by atomic mass is 32.2. The van der Waals surface area contributed by atoms with Crippen LogP contribution in [0.5, 0.6) is 0 Å². The summed E-state index contributed by atoms with van der Waals surface area (Å²) in [4.78, 5) is 1.39. The van der Waals surface area contributed by atoms with Crippen molar-refractivity contribution in [2.45, 2.75) is 17.7 Å². The Morgan fingerprint density at radius 3 is 3.12 bits per heavy atom. The number of anilines is 1. The second-order valence-electron chi connectivity index (χ2n) is 3.95. The Morgan fingerprint density at radius 1 is 1.38 bits per heavy atom. The molecule has 2 heterocycles. The van der Waals surface area contributed by atoms with Gasteiger partial charge >= 0.3 is 0 Å². The Bertz CT molecular complexity index is 519. The summed E-state index contributed by atoms with van der Waals surface area (Å²) in [6, 6.07) is 8.34. The summed E-state index contributed by atoms with van der Waals surface area (Å²) in [5, 5.41) is 6.97. The van der Waals surface area contributed by atoms with E-state index >= 15 is 0 Å². The fraction of sp³-hybridized carbons (Fsp3) is 0.250. The number of aromatic nitrogens is 2. The number of rotatable bonds is 1. The number of thioether (sulfide) groups is 1. The molecular formula is C12H13N3S. The summed E-state index contributed by atoms with van der Waals surface area (Å²) in [6.45, 7) is 0. The van der Waals surface area contributed by atoms with Gasteiger partial charge in [0.2, 0.25) is 0 Å². The minimum absolute atomic E-state index is 0.549. The van der Waals surface area contributed by atoms with Gasteiger partial charge in [0.05, 0.1) is 5.69 Å². The van der Waals surface area contributed by atoms with Crippen LogP contribution in [0.2, 0.25) is 0 Å². The molecule has 1 aromatic heterocycles. The quantitative estimate of drug-likeness (QED) is 0.793. The van der Waals surface area contributed by atoms with E-state index in [1.165, 1.54) is 34.6 Å². The molecule has 0 saturated heterocycles. The number of H-pyrrole nitrogens is 1. The fourth-order valence-electron chi connectivity index (χ4n) is 2.08. The van der Waals surface area contributed by atoms with Crippen LogP contribution in [-0.4, -0.2) is 16.0 Å². The Hall–Kier alpha value is -1.42. The van der Waals surface area contributed by atoms with Crippen molar-refractivity contribution in [1.82, 2.24) is 10.2 Å². The Kier molecular flexibility index (Phi) is 2.36. The summed E-state index contributed by atoms with van der Waals surface area (Å²) in [5.41, 5.74) is 9.33. The summed E-state index contributed by atoms with van der Waals surface area (Å²) in [5.74, 6) is 1.75. The maximum absolute atomic E-state index is 5.64. The zero-order valence-electron chi connectivity index (χ0n) is 8.86. The van der Waals surface area contributed by atoms with Gasteiger partial charge in [0.1, 0.15) is 5.82 Å². The SMILES string of the molecule is Nc1cc(-c2cccc3c2SCCC3)[nH]n1. The third kappa shape index (κ3) is 1.59. The van der Waals surface area contributed by atoms with Crippen LogP contribution in [0.4, 0.5) is 5.82 Å². The van der Waals surface area contributed by atoms with Crippen LogP contribution in [0.15, 0.2) is 29.2 Å². The minimum Gasteiger partial charge on any atom is -0.382 e. The second kappa shape index (κ2) is 3.87. The zero-order chi connectivity index (χ0) is 11.0. The van der Waals surface area contributed by atoms with Crippen LogP contribution in [-0.2, 0) is 6.42 Å². The van der Waals surface area contributed by atoms with Gasteiger partial charge in [-0.25, -0.2) is 0 Å². The average molecular weight is 231 g/mol. The topological polar surface area (TPSA) is 54.7 Å². The van der Waals surface area contributed by atoms with Crippen molar-refractivity contribution < 1.29 is 0 Å². The van der Waals surface area contributed by atoms with Crippen LogP contribution < -0.4 is 5.73 Å². The van der Waals surface area contributed by atoms with Crippen molar-refractivity contribution in [3.63, 3.8) is 0 Å². The first kappa shape index (κ1) is 9.78. The van der Waals surface area contributed by atoms with E-state index in [4.69, 9.17) is 5.73 Å². The summed E-state index contributed by atoms with van der Waals surface area (Å²) in [6.07, 6.45) is 2.45. The largest absolute Gasteiger partial charge is 0.382 e. The third-order valence-corrected chi connectivity index (χ3v) is 4.08. The normalized spacial score (nSPS) is 14.8. The first-order valence-electron chi connectivity index (χ1n) is 5.40. The number of hydrogen-bond acceptors (Lipinski definition) is 3. The molecule has 1 aliphatic heterocycles. The van der Waals surface area contributed by atoms with Crippen LogP contribution in [0, 0.1) is 0 Å². The van der Waals surface area contributed by atoms with Crippen molar-refractivity contribution >= 4 is 17.6 Å². The monoisotopic (exact) mass is 231 g/mol. The molecular weight excluding hydrogens is 218 g/mol. The third-order valence-electron chi connectivity index (χ3n) is 2.82. The highest BCUT2D eigenvalue weighted by molar-refractivity contribution is 7.99. The zero-order valence-corrected chi connectivity index (χ0v) is 9.68. The molecule has 16 heavy (non-hydrogen) atoms. The van der Waals surface area contributed by atoms with Gasteiger partial charge in [-0.15, -0.1) is 11.8 Å². The number of nitrogens with one attached hydrogen (secondary N) is 1. The van der Waals surface area contributed by atoms with Crippen LogP contribution in [0.1, 0.15) is 12.0 Å². The number of fused-ring (bicyclic) bond motifs is 1. The van der Waals surface area contributed by atoms with Crippen molar-refractivity contribution in [3.05, 3.63) is 29.8 Å². The number of aryl methyl sites for hydroxylation is 1. The number of nitrogens with two attached hydrogens (primary N) is 1. The predicted octanol–water partition coefficient (Wildman–Crippen LogP) is 2.70. The van der Waals surface area contributed by atoms with Crippen LogP contribution in [0.25, 0.3) is 11.3 Å². The lowest BCUT2D eigenvalue weighted by Gasteiger charge is -2.17. The molecule has 0 fully saturated rings. The first-order chi connectivity index (χ1) is 7.84. The number of aromatic amines is 1. The molecule has 2 aromatic rings. The standard InChI is InChI=1S/C12H13N3S/c13-11-7-10(14-15-11)9-5-1-3-8-4-2-6-16-12(8)9/h1,3,5,7H,2,4,6H2,(H3,13,14,15). The van der Waals surface area contributed by atoms with Gasteiger partial charge in [-0.05, 0) is 24.2 Å². The Balaban J connectivity index is 2.13. The number of nitrogens with zero attached hydrogens (tertiary/aromatic N) is 1. The summed E-state index contributed by atoms with van der Waals surface area (Å²) < 4.78 is 0. The summed E-state index contributed by atoms with van der Waals surface area (Å²) in [7, 11) is 0. The van der Waals surface area contributed by atoms with Crippen molar-refractivity contribution in [3.8, 4) is 11.3 Å². The highest BCUT2D eigenvalue weighted by Gasteiger charge is 2.15. The van der Waals surface area contributed by atoms with Crippen molar-refractivity contribution in [2.24, 2.45) is 0 Å². The smallest absolute Gasteiger partial charge is 0.145 e. The van der Waals surface area contributed by atoms with Gasteiger partial charge in [0.15, 0.2) is 0 Å². The first-order valence-corrected chi connectivity index (χ1v) is 6.39. The number of hydrogen-bond donors (Lipinski definition) is 2. The minimum atomic E-state index is 0.549. The number of nitrogen functional groups attached to an aromatic ring is 1. The van der Waals surface area contributed by atoms with Crippen molar-refractivity contribution in [2.75, 3.05) is 11.5 Å². The van der Waals surface area contributed by atoms with E-state index in [0.29, 0.717) is 5.82 Å². The molecule has 82 valence electrons. The highest BCUT2D eigenvalue weighted by Crippen LogP contribution is 2.37. The predicted molar refractivity (Wildman–Crippen MR) is 67.5 cm³/mol.